The average Bonchev–Trinajstić information content (AvgIpc) is 2.09. The van der Waals surface area contributed by atoms with Crippen LogP contribution in [0, 0.1) is 0 Å². The molecule has 4 N–H and O–H groups in total. The Morgan fingerprint density at radius 1 is 1.44 bits per heavy atom. The molecule has 0 radical (unpaired) electrons. The number of carbonyl (C=O) groups excluding carboxylic acids is 1. The molecule has 6 nitrogen and oxygen atoms in total. The minimum absolute atomic E-state index is 0.244. The normalized spacial score (nSPS) is 15.3. The number of amides is 1. The van der Waals surface area contributed by atoms with Crippen LogP contribution < -0.4 is 11.1 Å². The number of nitrogens with two attached hydrogens (primary N) is 1. The van der Waals surface area contributed by atoms with Crippen LogP contribution in [-0.2, 0) is 14.3 Å². The van der Waals surface area contributed by atoms with Gasteiger partial charge in [-0.3, -0.25) is 4.79 Å². The van der Waals surface area contributed by atoms with Crippen molar-refractivity contribution in [1.29, 1.82) is 0 Å². The summed E-state index contributed by atoms with van der Waals surface area (Å²) in [7, 11) is 0. The molecule has 0 fully saturated rings. The summed E-state index contributed by atoms with van der Waals surface area (Å²) in [5.41, 5.74) is 4.63. The predicted molar refractivity (Wildman–Crippen MR) is 58.9 cm³/mol. The lowest BCUT2D eigenvalue weighted by atomic mass is 10.1. The molecule has 0 heterocycles. The molecule has 0 bridgehead atoms. The number of carboxylic acids is 1. The van der Waals surface area contributed by atoms with E-state index in [0.717, 1.165) is 0 Å². The van der Waals surface area contributed by atoms with Gasteiger partial charge in [-0.2, -0.15) is 0 Å². The Morgan fingerprint density at radius 3 is 2.25 bits per heavy atom. The van der Waals surface area contributed by atoms with Crippen LogP contribution in [0.2, 0.25) is 0 Å². The summed E-state index contributed by atoms with van der Waals surface area (Å²) >= 11 is 0. The summed E-state index contributed by atoms with van der Waals surface area (Å²) in [6, 6.07) is -1.09. The molecular weight excluding hydrogens is 212 g/mol. The molecule has 16 heavy (non-hydrogen) atoms. The van der Waals surface area contributed by atoms with Crippen molar-refractivity contribution in [1.82, 2.24) is 5.32 Å². The van der Waals surface area contributed by atoms with Crippen LogP contribution in [0.15, 0.2) is 0 Å². The lowest BCUT2D eigenvalue weighted by Gasteiger charge is -2.29. The highest BCUT2D eigenvalue weighted by atomic mass is 16.5. The number of carbonyl (C=O) groups is 2. The Labute approximate surface area is 95.1 Å². The van der Waals surface area contributed by atoms with Gasteiger partial charge in [-0.1, -0.05) is 0 Å². The highest BCUT2D eigenvalue weighted by molar-refractivity contribution is 5.84. The molecule has 0 aliphatic rings. The first-order valence-corrected chi connectivity index (χ1v) is 5.07. The second kappa shape index (κ2) is 5.81. The fraction of sp³-hybridized carbons (Fsp3) is 0.800. The molecule has 1 amide bonds. The molecule has 0 rings (SSSR count). The van der Waals surface area contributed by atoms with Crippen LogP contribution in [-0.4, -0.2) is 41.3 Å². The number of hydrogen-bond acceptors (Lipinski definition) is 4. The molecule has 6 heteroatoms. The summed E-state index contributed by atoms with van der Waals surface area (Å²) in [6.45, 7) is 6.79. The second-order valence-corrected chi connectivity index (χ2v) is 4.52. The van der Waals surface area contributed by atoms with Crippen LogP contribution in [0.4, 0.5) is 0 Å². The third-order valence-corrected chi connectivity index (χ3v) is 1.78. The second-order valence-electron chi connectivity index (χ2n) is 4.52. The molecule has 0 aliphatic heterocycles. The van der Waals surface area contributed by atoms with Crippen molar-refractivity contribution in [2.75, 3.05) is 6.54 Å². The third-order valence-electron chi connectivity index (χ3n) is 1.78. The zero-order valence-electron chi connectivity index (χ0n) is 10.1. The fourth-order valence-electron chi connectivity index (χ4n) is 1.24. The van der Waals surface area contributed by atoms with Gasteiger partial charge in [0.15, 0.2) is 6.04 Å². The number of hydrogen-bond donors (Lipinski definition) is 3. The Hall–Kier alpha value is -1.14. The topological polar surface area (TPSA) is 102 Å². The first kappa shape index (κ1) is 14.9. The largest absolute Gasteiger partial charge is 0.480 e. The molecule has 0 aromatic rings. The lowest BCUT2D eigenvalue weighted by Crippen LogP contribution is -2.51. The van der Waals surface area contributed by atoms with E-state index in [-0.39, 0.29) is 6.54 Å². The van der Waals surface area contributed by atoms with Gasteiger partial charge in [0.25, 0.3) is 0 Å². The predicted octanol–water partition coefficient (Wildman–Crippen LogP) is -0.282. The summed E-state index contributed by atoms with van der Waals surface area (Å²) in [5.74, 6) is -1.66. The van der Waals surface area contributed by atoms with Gasteiger partial charge in [-0.05, 0) is 27.7 Å². The Kier molecular flexibility index (Phi) is 5.40. The molecule has 0 aliphatic carbocycles. The lowest BCUT2D eigenvalue weighted by molar-refractivity contribution is -0.150. The summed E-state index contributed by atoms with van der Waals surface area (Å²) in [5, 5.41) is 11.2. The van der Waals surface area contributed by atoms with Crippen molar-refractivity contribution in [3.63, 3.8) is 0 Å². The van der Waals surface area contributed by atoms with Crippen molar-refractivity contribution < 1.29 is 19.4 Å². The van der Waals surface area contributed by atoms with Gasteiger partial charge in [-0.15, -0.1) is 0 Å². The van der Waals surface area contributed by atoms with Crippen LogP contribution in [0.1, 0.15) is 27.7 Å². The van der Waals surface area contributed by atoms with Crippen LogP contribution >= 0.6 is 0 Å². The van der Waals surface area contributed by atoms with E-state index in [0.29, 0.717) is 0 Å². The minimum Gasteiger partial charge on any atom is -0.480 e. The van der Waals surface area contributed by atoms with Gasteiger partial charge in [0, 0.05) is 0 Å². The number of aliphatic carboxylic acids is 1. The smallest absolute Gasteiger partial charge is 0.328 e. The monoisotopic (exact) mass is 232 g/mol. The van der Waals surface area contributed by atoms with Gasteiger partial charge < -0.3 is 20.9 Å². The van der Waals surface area contributed by atoms with Crippen molar-refractivity contribution >= 4 is 11.9 Å². The molecule has 0 aromatic heterocycles. The van der Waals surface area contributed by atoms with Crippen LogP contribution in [0.25, 0.3) is 0 Å². The fourth-order valence-corrected chi connectivity index (χ4v) is 1.24. The Morgan fingerprint density at radius 2 is 1.94 bits per heavy atom. The zero-order chi connectivity index (χ0) is 12.9. The highest BCUT2D eigenvalue weighted by Gasteiger charge is 2.29. The van der Waals surface area contributed by atoms with Gasteiger partial charge in [0.05, 0.1) is 18.2 Å². The molecule has 0 aromatic carbocycles. The first-order chi connectivity index (χ1) is 7.17. The van der Waals surface area contributed by atoms with E-state index >= 15 is 0 Å². The van der Waals surface area contributed by atoms with E-state index in [1.807, 2.05) is 20.8 Å². The molecular formula is C10H20N2O4. The van der Waals surface area contributed by atoms with E-state index in [1.54, 1.807) is 6.92 Å². The highest BCUT2D eigenvalue weighted by Crippen LogP contribution is 2.13. The number of nitrogens with one attached hydrogen (secondary N) is 1. The molecule has 0 saturated carbocycles. The zero-order valence-corrected chi connectivity index (χ0v) is 10.1. The van der Waals surface area contributed by atoms with Crippen molar-refractivity contribution in [2.24, 2.45) is 5.73 Å². The summed E-state index contributed by atoms with van der Waals surface area (Å²) in [4.78, 5) is 22.0. The molecule has 0 saturated heterocycles. The Balaban J connectivity index is 4.53. The van der Waals surface area contributed by atoms with Crippen molar-refractivity contribution in [3.8, 4) is 0 Å². The number of carboxylic acid groups (broad SMARTS) is 1. The van der Waals surface area contributed by atoms with Crippen molar-refractivity contribution in [3.05, 3.63) is 0 Å². The van der Waals surface area contributed by atoms with E-state index in [1.165, 1.54) is 0 Å². The molecule has 2 atom stereocenters. The SMILES string of the molecule is C[C@H](OC(C)(C)C)[C@@H](NC(=O)CN)C(=O)O. The number of ether oxygens (including phenoxy) is 1. The third kappa shape index (κ3) is 5.67. The molecule has 0 spiro atoms. The van der Waals surface area contributed by atoms with Crippen molar-refractivity contribution in [2.45, 2.75) is 45.4 Å². The van der Waals surface area contributed by atoms with E-state index in [2.05, 4.69) is 5.32 Å². The van der Waals surface area contributed by atoms with Crippen LogP contribution in [0.5, 0.6) is 0 Å². The summed E-state index contributed by atoms with van der Waals surface area (Å²) < 4.78 is 5.47. The average molecular weight is 232 g/mol. The van der Waals surface area contributed by atoms with Gasteiger partial charge in [0.1, 0.15) is 0 Å². The maximum absolute atomic E-state index is 11.0. The minimum atomic E-state index is -1.14. The Bertz CT molecular complexity index is 260. The molecule has 94 valence electrons. The number of rotatable bonds is 5. The standard InChI is InChI=1S/C10H20N2O4/c1-6(16-10(2,3)4)8(9(14)15)12-7(13)5-11/h6,8H,5,11H2,1-4H3,(H,12,13)(H,14,15)/t6-,8+/m0/s1. The van der Waals surface area contributed by atoms with E-state index in [9.17, 15) is 9.59 Å². The molecule has 0 unspecified atom stereocenters. The maximum atomic E-state index is 11.0. The van der Waals surface area contributed by atoms with Gasteiger partial charge in [0.2, 0.25) is 5.91 Å². The van der Waals surface area contributed by atoms with Gasteiger partial charge in [-0.25, -0.2) is 4.79 Å². The van der Waals surface area contributed by atoms with Gasteiger partial charge >= 0.3 is 5.97 Å². The van der Waals surface area contributed by atoms with Crippen LogP contribution in [0.3, 0.4) is 0 Å². The first-order valence-electron chi connectivity index (χ1n) is 5.07. The maximum Gasteiger partial charge on any atom is 0.328 e. The van der Waals surface area contributed by atoms with E-state index in [4.69, 9.17) is 15.6 Å². The van der Waals surface area contributed by atoms with E-state index < -0.39 is 29.6 Å². The quantitative estimate of drug-likeness (QED) is 0.605. The summed E-state index contributed by atoms with van der Waals surface area (Å²) in [6.07, 6.45) is -0.631.